The number of para-hydroxylation sites is 1. The Balaban J connectivity index is 3.00. The first-order valence-electron chi connectivity index (χ1n) is 4.70. The Kier molecular flexibility index (Phi) is 3.13. The molecule has 0 spiro atoms. The van der Waals surface area contributed by atoms with Crippen LogP contribution in [0.3, 0.4) is 0 Å². The molecule has 14 heavy (non-hydrogen) atoms. The molecule has 0 saturated carbocycles. The summed E-state index contributed by atoms with van der Waals surface area (Å²) in [5.74, 6) is 0. The zero-order chi connectivity index (χ0) is 10.8. The molecule has 78 valence electrons. The van der Waals surface area contributed by atoms with E-state index < -0.39 is 0 Å². The van der Waals surface area contributed by atoms with Crippen molar-refractivity contribution < 1.29 is 5.11 Å². The average molecular weight is 194 g/mol. The molecule has 0 fully saturated rings. The SMILES string of the molecule is CC(C)(CO)[C@@H](N)c1ccccc1N. The van der Waals surface area contributed by atoms with E-state index in [0.717, 1.165) is 5.56 Å². The van der Waals surface area contributed by atoms with Crippen molar-refractivity contribution in [2.45, 2.75) is 19.9 Å². The number of anilines is 1. The summed E-state index contributed by atoms with van der Waals surface area (Å²) in [5.41, 5.74) is 13.1. The maximum absolute atomic E-state index is 9.20. The second-order valence-electron chi connectivity index (χ2n) is 4.25. The van der Waals surface area contributed by atoms with Gasteiger partial charge in [0.1, 0.15) is 0 Å². The van der Waals surface area contributed by atoms with E-state index in [9.17, 15) is 5.11 Å². The van der Waals surface area contributed by atoms with Crippen molar-refractivity contribution in [3.05, 3.63) is 29.8 Å². The number of rotatable bonds is 3. The van der Waals surface area contributed by atoms with Crippen molar-refractivity contribution in [1.82, 2.24) is 0 Å². The lowest BCUT2D eigenvalue weighted by Crippen LogP contribution is -2.32. The Hall–Kier alpha value is -1.06. The van der Waals surface area contributed by atoms with Gasteiger partial charge >= 0.3 is 0 Å². The Morgan fingerprint density at radius 3 is 2.43 bits per heavy atom. The molecule has 0 unspecified atom stereocenters. The fourth-order valence-electron chi connectivity index (χ4n) is 1.31. The molecule has 0 saturated heterocycles. The van der Waals surface area contributed by atoms with Crippen molar-refractivity contribution in [2.24, 2.45) is 11.1 Å². The van der Waals surface area contributed by atoms with Crippen LogP contribution >= 0.6 is 0 Å². The zero-order valence-electron chi connectivity index (χ0n) is 8.70. The van der Waals surface area contributed by atoms with Gasteiger partial charge in [-0.1, -0.05) is 32.0 Å². The monoisotopic (exact) mass is 194 g/mol. The Bertz CT molecular complexity index is 310. The summed E-state index contributed by atoms with van der Waals surface area (Å²) in [4.78, 5) is 0. The standard InChI is InChI=1S/C11H18N2O/c1-11(2,7-14)10(13)8-5-3-4-6-9(8)12/h3-6,10,14H,7,12-13H2,1-2H3/t10-/m0/s1. The molecule has 1 aromatic rings. The predicted octanol–water partition coefficient (Wildman–Crippen LogP) is 1.29. The normalized spacial score (nSPS) is 14.0. The van der Waals surface area contributed by atoms with Gasteiger partial charge in [0.05, 0.1) is 0 Å². The summed E-state index contributed by atoms with van der Waals surface area (Å²) in [7, 11) is 0. The Morgan fingerprint density at radius 2 is 1.93 bits per heavy atom. The number of aliphatic hydroxyl groups excluding tert-OH is 1. The van der Waals surface area contributed by atoms with E-state index in [0.29, 0.717) is 5.69 Å². The number of hydrogen-bond acceptors (Lipinski definition) is 3. The van der Waals surface area contributed by atoms with Crippen molar-refractivity contribution in [3.8, 4) is 0 Å². The largest absolute Gasteiger partial charge is 0.398 e. The summed E-state index contributed by atoms with van der Waals surface area (Å²) in [6, 6.07) is 7.25. The number of hydrogen-bond donors (Lipinski definition) is 3. The van der Waals surface area contributed by atoms with Crippen LogP contribution in [0, 0.1) is 5.41 Å². The van der Waals surface area contributed by atoms with E-state index >= 15 is 0 Å². The van der Waals surface area contributed by atoms with E-state index in [1.165, 1.54) is 0 Å². The number of benzene rings is 1. The van der Waals surface area contributed by atoms with Crippen LogP contribution in [0.1, 0.15) is 25.5 Å². The van der Waals surface area contributed by atoms with Gasteiger partial charge in [0.2, 0.25) is 0 Å². The minimum Gasteiger partial charge on any atom is -0.398 e. The van der Waals surface area contributed by atoms with Gasteiger partial charge in [-0.25, -0.2) is 0 Å². The van der Waals surface area contributed by atoms with Crippen molar-refractivity contribution >= 4 is 5.69 Å². The highest BCUT2D eigenvalue weighted by Crippen LogP contribution is 2.33. The van der Waals surface area contributed by atoms with Gasteiger partial charge < -0.3 is 16.6 Å². The van der Waals surface area contributed by atoms with Crippen molar-refractivity contribution in [2.75, 3.05) is 12.3 Å². The van der Waals surface area contributed by atoms with Crippen LogP contribution in [-0.2, 0) is 0 Å². The minimum absolute atomic E-state index is 0.0441. The molecule has 0 aliphatic rings. The van der Waals surface area contributed by atoms with Gasteiger partial charge in [0.15, 0.2) is 0 Å². The van der Waals surface area contributed by atoms with Gasteiger partial charge in [0, 0.05) is 23.8 Å². The summed E-state index contributed by atoms with van der Waals surface area (Å²) >= 11 is 0. The maximum atomic E-state index is 9.20. The fraction of sp³-hybridized carbons (Fsp3) is 0.455. The molecule has 0 bridgehead atoms. The van der Waals surface area contributed by atoms with Crippen LogP contribution in [0.15, 0.2) is 24.3 Å². The van der Waals surface area contributed by atoms with Crippen LogP contribution in [-0.4, -0.2) is 11.7 Å². The first kappa shape index (κ1) is 11.0. The van der Waals surface area contributed by atoms with Gasteiger partial charge in [-0.2, -0.15) is 0 Å². The molecule has 1 rings (SSSR count). The molecule has 1 aromatic carbocycles. The third kappa shape index (κ3) is 2.05. The molecular weight excluding hydrogens is 176 g/mol. The summed E-state index contributed by atoms with van der Waals surface area (Å²) in [6.07, 6.45) is 0. The maximum Gasteiger partial charge on any atom is 0.0500 e. The summed E-state index contributed by atoms with van der Waals surface area (Å²) in [6.45, 7) is 3.89. The lowest BCUT2D eigenvalue weighted by atomic mass is 9.81. The minimum atomic E-state index is -0.352. The lowest BCUT2D eigenvalue weighted by molar-refractivity contribution is 0.132. The highest BCUT2D eigenvalue weighted by Gasteiger charge is 2.27. The number of aliphatic hydroxyl groups is 1. The smallest absolute Gasteiger partial charge is 0.0500 e. The first-order valence-corrected chi connectivity index (χ1v) is 4.70. The molecule has 3 nitrogen and oxygen atoms in total. The second-order valence-corrected chi connectivity index (χ2v) is 4.25. The van der Waals surface area contributed by atoms with Crippen LogP contribution < -0.4 is 11.5 Å². The molecule has 1 atom stereocenters. The highest BCUT2D eigenvalue weighted by atomic mass is 16.3. The summed E-state index contributed by atoms with van der Waals surface area (Å²) in [5, 5.41) is 9.20. The third-order valence-electron chi connectivity index (χ3n) is 2.58. The Morgan fingerprint density at radius 1 is 1.36 bits per heavy atom. The quantitative estimate of drug-likeness (QED) is 0.635. The highest BCUT2D eigenvalue weighted by molar-refractivity contribution is 5.48. The number of nitrogen functional groups attached to an aromatic ring is 1. The average Bonchev–Trinajstić information content (AvgIpc) is 2.17. The zero-order valence-corrected chi connectivity index (χ0v) is 8.70. The molecule has 0 aromatic heterocycles. The molecule has 0 aliphatic carbocycles. The lowest BCUT2D eigenvalue weighted by Gasteiger charge is -2.30. The molecule has 0 radical (unpaired) electrons. The van der Waals surface area contributed by atoms with E-state index in [1.807, 2.05) is 38.1 Å². The van der Waals surface area contributed by atoms with Crippen molar-refractivity contribution in [3.63, 3.8) is 0 Å². The Labute approximate surface area is 84.7 Å². The first-order chi connectivity index (χ1) is 6.49. The van der Waals surface area contributed by atoms with E-state index in [2.05, 4.69) is 0 Å². The topological polar surface area (TPSA) is 72.3 Å². The van der Waals surface area contributed by atoms with Crippen LogP contribution in [0.5, 0.6) is 0 Å². The fourth-order valence-corrected chi connectivity index (χ4v) is 1.31. The summed E-state index contributed by atoms with van der Waals surface area (Å²) < 4.78 is 0. The molecule has 3 heteroatoms. The van der Waals surface area contributed by atoms with Crippen LogP contribution in [0.4, 0.5) is 5.69 Å². The van der Waals surface area contributed by atoms with E-state index in [4.69, 9.17) is 11.5 Å². The van der Waals surface area contributed by atoms with Gasteiger partial charge in [-0.05, 0) is 11.6 Å². The predicted molar refractivity (Wildman–Crippen MR) is 58.6 cm³/mol. The molecular formula is C11H18N2O. The van der Waals surface area contributed by atoms with Gasteiger partial charge in [-0.15, -0.1) is 0 Å². The van der Waals surface area contributed by atoms with E-state index in [-0.39, 0.29) is 18.1 Å². The van der Waals surface area contributed by atoms with Crippen LogP contribution in [0.2, 0.25) is 0 Å². The van der Waals surface area contributed by atoms with Gasteiger partial charge in [-0.3, -0.25) is 0 Å². The van der Waals surface area contributed by atoms with E-state index in [1.54, 1.807) is 0 Å². The molecule has 0 amide bonds. The van der Waals surface area contributed by atoms with Crippen LogP contribution in [0.25, 0.3) is 0 Å². The number of nitrogens with two attached hydrogens (primary N) is 2. The van der Waals surface area contributed by atoms with Gasteiger partial charge in [0.25, 0.3) is 0 Å². The molecule has 0 aliphatic heterocycles. The molecule has 0 heterocycles. The second kappa shape index (κ2) is 3.98. The third-order valence-corrected chi connectivity index (χ3v) is 2.58. The molecule has 5 N–H and O–H groups in total. The van der Waals surface area contributed by atoms with Crippen molar-refractivity contribution in [1.29, 1.82) is 0 Å².